The summed E-state index contributed by atoms with van der Waals surface area (Å²) in [4.78, 5) is 26.5. The van der Waals surface area contributed by atoms with Crippen LogP contribution in [0.5, 0.6) is 0 Å². The van der Waals surface area contributed by atoms with Crippen LogP contribution in [0.3, 0.4) is 0 Å². The molecule has 1 heterocycles. The average molecular weight is 278 g/mol. The maximum Gasteiger partial charge on any atom is 0.308 e. The Morgan fingerprint density at radius 2 is 1.90 bits per heavy atom. The van der Waals surface area contributed by atoms with Crippen molar-refractivity contribution in [2.24, 2.45) is 5.92 Å². The van der Waals surface area contributed by atoms with Crippen molar-refractivity contribution < 1.29 is 14.7 Å². The average Bonchev–Trinajstić information content (AvgIpc) is 2.78. The first kappa shape index (κ1) is 14.6. The van der Waals surface area contributed by atoms with Crippen molar-refractivity contribution in [2.45, 2.75) is 51.5 Å². The molecule has 0 aromatic carbocycles. The van der Waals surface area contributed by atoms with E-state index >= 15 is 0 Å². The van der Waals surface area contributed by atoms with Crippen molar-refractivity contribution >= 4 is 11.9 Å². The van der Waals surface area contributed by atoms with Crippen molar-refractivity contribution in [3.63, 3.8) is 0 Å². The van der Waals surface area contributed by atoms with Crippen LogP contribution < -0.4 is 5.32 Å². The van der Waals surface area contributed by atoms with E-state index in [0.717, 1.165) is 37.7 Å². The molecule has 0 radical (unpaired) electrons. The van der Waals surface area contributed by atoms with E-state index in [1.165, 1.54) is 0 Å². The van der Waals surface area contributed by atoms with Crippen LogP contribution in [0.25, 0.3) is 0 Å². The van der Waals surface area contributed by atoms with Gasteiger partial charge in [0.15, 0.2) is 0 Å². The predicted octanol–water partition coefficient (Wildman–Crippen LogP) is 2.48. The summed E-state index contributed by atoms with van der Waals surface area (Å²) in [6.07, 6.45) is 8.90. The first-order valence-electron chi connectivity index (χ1n) is 7.26. The van der Waals surface area contributed by atoms with Gasteiger partial charge in [-0.2, -0.15) is 0 Å². The number of carboxylic acid groups (broad SMARTS) is 1. The third-order valence-electron chi connectivity index (χ3n) is 4.10. The van der Waals surface area contributed by atoms with Gasteiger partial charge < -0.3 is 15.4 Å². The largest absolute Gasteiger partial charge is 0.481 e. The van der Waals surface area contributed by atoms with Gasteiger partial charge in [0.2, 0.25) is 0 Å². The lowest BCUT2D eigenvalue weighted by molar-refractivity contribution is -0.143. The first-order chi connectivity index (χ1) is 9.59. The van der Waals surface area contributed by atoms with E-state index in [-0.39, 0.29) is 11.9 Å². The molecule has 110 valence electrons. The van der Waals surface area contributed by atoms with Gasteiger partial charge in [-0.15, -0.1) is 0 Å². The molecule has 0 aliphatic heterocycles. The molecule has 0 bridgehead atoms. The van der Waals surface area contributed by atoms with Gasteiger partial charge in [-0.1, -0.05) is 25.7 Å². The summed E-state index contributed by atoms with van der Waals surface area (Å²) in [7, 11) is 0. The second-order valence-corrected chi connectivity index (χ2v) is 5.57. The fraction of sp³-hybridized carbons (Fsp3) is 0.600. The van der Waals surface area contributed by atoms with E-state index < -0.39 is 11.9 Å². The highest BCUT2D eigenvalue weighted by Gasteiger charge is 2.30. The Balaban J connectivity index is 2.08. The third-order valence-corrected chi connectivity index (χ3v) is 4.10. The Labute approximate surface area is 118 Å². The fourth-order valence-corrected chi connectivity index (χ4v) is 2.89. The van der Waals surface area contributed by atoms with Gasteiger partial charge in [0.05, 0.1) is 11.5 Å². The highest BCUT2D eigenvalue weighted by Crippen LogP contribution is 2.23. The maximum atomic E-state index is 12.2. The van der Waals surface area contributed by atoms with E-state index in [2.05, 4.69) is 10.3 Å². The fourth-order valence-electron chi connectivity index (χ4n) is 2.89. The minimum atomic E-state index is -0.803. The normalized spacial score (nSPS) is 23.6. The highest BCUT2D eigenvalue weighted by molar-refractivity contribution is 5.95. The lowest BCUT2D eigenvalue weighted by Crippen LogP contribution is -2.44. The summed E-state index contributed by atoms with van der Waals surface area (Å²) in [5, 5.41) is 12.3. The summed E-state index contributed by atoms with van der Waals surface area (Å²) in [5.74, 6) is -1.46. The number of aromatic nitrogens is 1. The molecule has 1 aliphatic carbocycles. The van der Waals surface area contributed by atoms with Gasteiger partial charge in [-0.25, -0.2) is 0 Å². The van der Waals surface area contributed by atoms with E-state index in [4.69, 9.17) is 0 Å². The number of hydrogen-bond donors (Lipinski definition) is 3. The summed E-state index contributed by atoms with van der Waals surface area (Å²) < 4.78 is 0. The third kappa shape index (κ3) is 3.40. The molecule has 0 saturated heterocycles. The maximum absolute atomic E-state index is 12.2. The standard InChI is InChI=1S/C15H22N2O3/c1-10-8-16-9-12(10)14(18)17-13-7-5-3-2-4-6-11(13)15(19)20/h8-9,11,13,16H,2-7H2,1H3,(H,17,18)(H,19,20). The summed E-state index contributed by atoms with van der Waals surface area (Å²) in [6.45, 7) is 1.86. The lowest BCUT2D eigenvalue weighted by atomic mass is 9.86. The minimum absolute atomic E-state index is 0.180. The molecule has 1 aromatic rings. The Bertz CT molecular complexity index is 481. The first-order valence-corrected chi connectivity index (χ1v) is 7.26. The number of aryl methyl sites for hydroxylation is 1. The molecule has 1 fully saturated rings. The van der Waals surface area contributed by atoms with Crippen LogP contribution in [0.2, 0.25) is 0 Å². The van der Waals surface area contributed by atoms with Crippen molar-refractivity contribution in [1.82, 2.24) is 10.3 Å². The van der Waals surface area contributed by atoms with E-state index in [0.29, 0.717) is 12.0 Å². The van der Waals surface area contributed by atoms with Crippen LogP contribution in [0, 0.1) is 12.8 Å². The Hall–Kier alpha value is -1.78. The molecule has 1 aliphatic rings. The summed E-state index contributed by atoms with van der Waals surface area (Å²) in [6, 6.07) is -0.269. The number of aromatic amines is 1. The number of hydrogen-bond acceptors (Lipinski definition) is 2. The van der Waals surface area contributed by atoms with Gasteiger partial charge in [-0.05, 0) is 25.3 Å². The molecule has 1 aromatic heterocycles. The van der Waals surface area contributed by atoms with Gasteiger partial charge in [0, 0.05) is 18.4 Å². The lowest BCUT2D eigenvalue weighted by Gasteiger charge is -2.27. The molecular formula is C15H22N2O3. The molecule has 2 rings (SSSR count). The van der Waals surface area contributed by atoms with Crippen LogP contribution in [0.1, 0.15) is 54.4 Å². The van der Waals surface area contributed by atoms with Crippen molar-refractivity contribution in [3.8, 4) is 0 Å². The molecule has 5 nitrogen and oxygen atoms in total. The Kier molecular flexibility index (Phi) is 4.82. The van der Waals surface area contributed by atoms with Gasteiger partial charge in [0.25, 0.3) is 5.91 Å². The van der Waals surface area contributed by atoms with E-state index in [1.54, 1.807) is 12.4 Å². The quantitative estimate of drug-likeness (QED) is 0.794. The molecule has 2 unspecified atom stereocenters. The van der Waals surface area contributed by atoms with Crippen LogP contribution in [-0.2, 0) is 4.79 Å². The van der Waals surface area contributed by atoms with Gasteiger partial charge in [-0.3, -0.25) is 9.59 Å². The van der Waals surface area contributed by atoms with Crippen molar-refractivity contribution in [3.05, 3.63) is 23.5 Å². The number of carbonyl (C=O) groups excluding carboxylic acids is 1. The van der Waals surface area contributed by atoms with Crippen LogP contribution in [0.4, 0.5) is 0 Å². The number of H-pyrrole nitrogens is 1. The second-order valence-electron chi connectivity index (χ2n) is 5.57. The number of nitrogens with one attached hydrogen (secondary N) is 2. The highest BCUT2D eigenvalue weighted by atomic mass is 16.4. The van der Waals surface area contributed by atoms with Gasteiger partial charge in [0.1, 0.15) is 0 Å². The number of rotatable bonds is 3. The number of carbonyl (C=O) groups is 2. The second kappa shape index (κ2) is 6.59. The zero-order valence-corrected chi connectivity index (χ0v) is 11.8. The molecule has 1 amide bonds. The topological polar surface area (TPSA) is 82.2 Å². The minimum Gasteiger partial charge on any atom is -0.481 e. The SMILES string of the molecule is Cc1c[nH]cc1C(=O)NC1CCCCCCC1C(=O)O. The summed E-state index contributed by atoms with van der Waals surface area (Å²) >= 11 is 0. The number of carboxylic acids is 1. The molecule has 2 atom stereocenters. The molecule has 1 saturated carbocycles. The monoisotopic (exact) mass is 278 g/mol. The van der Waals surface area contributed by atoms with Crippen LogP contribution in [-0.4, -0.2) is 28.0 Å². The van der Waals surface area contributed by atoms with Crippen LogP contribution in [0.15, 0.2) is 12.4 Å². The predicted molar refractivity (Wildman–Crippen MR) is 75.6 cm³/mol. The Morgan fingerprint density at radius 3 is 2.50 bits per heavy atom. The zero-order valence-electron chi connectivity index (χ0n) is 11.8. The summed E-state index contributed by atoms with van der Waals surface area (Å²) in [5.41, 5.74) is 1.47. The van der Waals surface area contributed by atoms with Gasteiger partial charge >= 0.3 is 5.97 Å². The molecule has 0 spiro atoms. The number of aliphatic carboxylic acids is 1. The smallest absolute Gasteiger partial charge is 0.308 e. The van der Waals surface area contributed by atoms with E-state index in [1.807, 2.05) is 6.92 Å². The van der Waals surface area contributed by atoms with Crippen LogP contribution >= 0.6 is 0 Å². The molecule has 5 heteroatoms. The molecule has 20 heavy (non-hydrogen) atoms. The van der Waals surface area contributed by atoms with Crippen molar-refractivity contribution in [1.29, 1.82) is 0 Å². The molecule has 3 N–H and O–H groups in total. The Morgan fingerprint density at radius 1 is 1.20 bits per heavy atom. The molecular weight excluding hydrogens is 256 g/mol. The van der Waals surface area contributed by atoms with E-state index in [9.17, 15) is 14.7 Å². The number of amides is 1. The van der Waals surface area contributed by atoms with Crippen molar-refractivity contribution in [2.75, 3.05) is 0 Å². The zero-order chi connectivity index (χ0) is 14.5.